The minimum atomic E-state index is -2.46. The molecule has 1 amide bonds. The highest BCUT2D eigenvalue weighted by molar-refractivity contribution is 5.73. The van der Waals surface area contributed by atoms with Crippen molar-refractivity contribution in [2.75, 3.05) is 52.9 Å². The Morgan fingerprint density at radius 3 is 0.967 bits per heavy atom. The predicted molar refractivity (Wildman–Crippen MR) is 276 cm³/mol. The molecule has 0 saturated carbocycles. The molecular weight excluding hydrogens is 1270 g/mol. The highest BCUT2D eigenvalue weighted by atomic mass is 16.8. The number of carbonyl (C=O) groups excluding carboxylic acids is 1. The average molecular weight is 1360 g/mol. The van der Waals surface area contributed by atoms with Gasteiger partial charge in [-0.1, -0.05) is 0 Å². The second-order valence-electron chi connectivity index (χ2n) is 23.2. The van der Waals surface area contributed by atoms with Crippen LogP contribution in [0.4, 0.5) is 0 Å². The van der Waals surface area contributed by atoms with Crippen LogP contribution in [-0.2, 0) is 75.8 Å². The largest absolute Gasteiger partial charge is 0.394 e. The van der Waals surface area contributed by atoms with Crippen molar-refractivity contribution in [3.05, 3.63) is 0 Å². The molecule has 40 atom stereocenters. The van der Waals surface area contributed by atoms with Gasteiger partial charge in [0, 0.05) is 6.92 Å². The van der Waals surface area contributed by atoms with Crippen LogP contribution in [0.3, 0.4) is 0 Å². The topological polar surface area (TPSA) is 673 Å². The lowest BCUT2D eigenvalue weighted by Gasteiger charge is -2.50. The molecule has 8 saturated heterocycles. The molecule has 0 aromatic heterocycles. The van der Waals surface area contributed by atoms with Gasteiger partial charge in [-0.2, -0.15) is 0 Å². The van der Waals surface area contributed by atoms with E-state index < -0.39 is 304 Å². The van der Waals surface area contributed by atoms with Crippen LogP contribution in [0, 0.1) is 0 Å². The van der Waals surface area contributed by atoms with Crippen LogP contribution >= 0.6 is 0 Å². The van der Waals surface area contributed by atoms with Crippen molar-refractivity contribution in [3.8, 4) is 0 Å². The van der Waals surface area contributed by atoms with Gasteiger partial charge in [-0.3, -0.25) is 4.79 Å². The molecule has 8 fully saturated rings. The Labute approximate surface area is 519 Å². The van der Waals surface area contributed by atoms with Gasteiger partial charge in [-0.25, -0.2) is 0 Å². The van der Waals surface area contributed by atoms with Crippen molar-refractivity contribution in [2.45, 2.75) is 253 Å². The first-order valence-corrected chi connectivity index (χ1v) is 29.2. The third kappa shape index (κ3) is 16.0. The summed E-state index contributed by atoms with van der Waals surface area (Å²) < 4.78 is 86.1. The zero-order valence-electron chi connectivity index (χ0n) is 48.5. The fraction of sp³-hybridized carbons (Fsp3) is 0.980. The third-order valence-corrected chi connectivity index (χ3v) is 17.0. The Balaban J connectivity index is 1.11. The molecule has 92 heavy (non-hydrogen) atoms. The minimum absolute atomic E-state index is 0.829. The molecule has 0 aliphatic carbocycles. The Kier molecular flexibility index (Phi) is 26.9. The van der Waals surface area contributed by atoms with Crippen molar-refractivity contribution in [3.63, 3.8) is 0 Å². The van der Waals surface area contributed by atoms with E-state index in [1.807, 2.05) is 0 Å². The molecule has 0 aromatic carbocycles. The Morgan fingerprint density at radius 1 is 0.283 bits per heavy atom. The molecule has 0 spiro atoms. The second-order valence-corrected chi connectivity index (χ2v) is 23.2. The lowest BCUT2D eigenvalue weighted by Crippen LogP contribution is -2.69. The summed E-state index contributed by atoms with van der Waals surface area (Å²) in [6, 6.07) is -1.73. The van der Waals surface area contributed by atoms with Gasteiger partial charge < -0.3 is 204 Å². The monoisotopic (exact) mass is 1360 g/mol. The van der Waals surface area contributed by atoms with E-state index in [0.717, 1.165) is 6.92 Å². The van der Waals surface area contributed by atoms with Gasteiger partial charge in [0.25, 0.3) is 0 Å². The van der Waals surface area contributed by atoms with Crippen LogP contribution in [-0.4, -0.2) is 432 Å². The number of amides is 1. The van der Waals surface area contributed by atoms with E-state index in [2.05, 4.69) is 5.32 Å². The smallest absolute Gasteiger partial charge is 0.217 e. The molecular formula is C50H85NO41. The summed E-state index contributed by atoms with van der Waals surface area (Å²) >= 11 is 0. The first kappa shape index (κ1) is 75.6. The van der Waals surface area contributed by atoms with Gasteiger partial charge in [0.15, 0.2) is 50.3 Å². The standard InChI is InChI=1S/C50H85NO41/c1-10(58)51-19-27(66)38(16(7-57)80-43(19)77)88-48-37(76)40(90-49-42(32(71)24(63)14(5-55)84-49)92-50-41(31(70)23(62)15(6-56)85-50)91-47-35(74)30(69)22(61)13(4-54)83-47)26(65)18(87-48)9-79-45-36(75)39(89-46-34(73)29(68)21(60)12(3-53)82-46)25(64)17(86-45)8-78-44-33(72)28(67)20(59)11(2-52)81-44/h11-50,52-57,59-77H,2-9H2,1H3,(H,51,58)/t11-,12+,13-,14-,15-,16-,17+,18+,19-,20-,21+,22-,23-,24-,25+,26+,27-,28+,29-,30+,31+,32+,33+,34-,35+,36-,37-,38-,39-,40-,41+,42+,43-,44+,45-,46+,47-,48-,49-,50-/m0/s1. The minimum Gasteiger partial charge on any atom is -0.394 e. The SMILES string of the molecule is CC(=O)N[C@H]1[C@H](O)[C@@H](O[C@@H]2O[C@H](CO[C@H]3O[C@H](CO[C@@H]4O[C@@H](CO)[C@H](O)[C@@H](O)[C@H]4O)[C@@H](O)[C@H](O[C@H]4O[C@H](CO)[C@@H](O)[C@H](O)[C@@H]4O)[C@@H]3O)[C@@H](O)[C@H](O[C@@H]3O[C@@H](CO)[C@H](O)[C@@H](O)[C@H]3O[C@@H]3O[C@@H](CO)[C@H](O)[C@@H](O)[C@H]3O[C@@H]3O[C@@H](CO)[C@H](O)[C@@H](O)[C@H]3O)[C@@H]2O)[C@H](CO)O[C@@H]1O. The van der Waals surface area contributed by atoms with Gasteiger partial charge in [-0.05, 0) is 0 Å². The molecule has 8 heterocycles. The van der Waals surface area contributed by atoms with Crippen LogP contribution in [0.1, 0.15) is 6.92 Å². The number of nitrogens with one attached hydrogen (secondary N) is 1. The van der Waals surface area contributed by atoms with E-state index in [1.54, 1.807) is 0 Å². The molecule has 536 valence electrons. The van der Waals surface area contributed by atoms with Gasteiger partial charge in [0.05, 0.1) is 52.9 Å². The number of hydrogen-bond donors (Lipinski definition) is 26. The first-order valence-electron chi connectivity index (χ1n) is 29.2. The van der Waals surface area contributed by atoms with Crippen molar-refractivity contribution >= 4 is 5.91 Å². The molecule has 0 unspecified atom stereocenters. The van der Waals surface area contributed by atoms with Crippen LogP contribution in [0.5, 0.6) is 0 Å². The van der Waals surface area contributed by atoms with Gasteiger partial charge >= 0.3 is 0 Å². The molecule has 8 aliphatic rings. The Bertz CT molecular complexity index is 2260. The number of aliphatic hydroxyl groups excluding tert-OH is 25. The zero-order valence-corrected chi connectivity index (χ0v) is 48.5. The van der Waals surface area contributed by atoms with E-state index in [1.165, 1.54) is 0 Å². The van der Waals surface area contributed by atoms with E-state index in [-0.39, 0.29) is 0 Å². The van der Waals surface area contributed by atoms with Gasteiger partial charge in [0.2, 0.25) is 5.91 Å². The molecule has 42 heteroatoms. The summed E-state index contributed by atoms with van der Waals surface area (Å²) in [7, 11) is 0. The van der Waals surface area contributed by atoms with Crippen molar-refractivity contribution in [1.29, 1.82) is 0 Å². The average Bonchev–Trinajstić information content (AvgIpc) is 0.785. The van der Waals surface area contributed by atoms with Crippen molar-refractivity contribution in [1.82, 2.24) is 5.32 Å². The summed E-state index contributed by atoms with van der Waals surface area (Å²) in [6.07, 6.45) is -80.8. The Hall–Kier alpha value is -2.13. The lowest BCUT2D eigenvalue weighted by atomic mass is 9.94. The molecule has 0 aromatic rings. The number of hydrogen-bond acceptors (Lipinski definition) is 41. The van der Waals surface area contributed by atoms with E-state index in [0.29, 0.717) is 0 Å². The van der Waals surface area contributed by atoms with Crippen LogP contribution in [0.25, 0.3) is 0 Å². The maximum absolute atomic E-state index is 12.3. The summed E-state index contributed by atoms with van der Waals surface area (Å²) in [5, 5.41) is 273. The number of carbonyl (C=O) groups is 1. The summed E-state index contributed by atoms with van der Waals surface area (Å²) in [6.45, 7) is -7.26. The predicted octanol–water partition coefficient (Wildman–Crippen LogP) is -18.3. The Morgan fingerprint density at radius 2 is 0.565 bits per heavy atom. The third-order valence-electron chi connectivity index (χ3n) is 17.0. The quantitative estimate of drug-likeness (QED) is 0.0452. The normalized spacial score (nSPS) is 52.2. The number of ether oxygens (including phenoxy) is 15. The summed E-state index contributed by atoms with van der Waals surface area (Å²) in [5.74, 6) is -0.829. The summed E-state index contributed by atoms with van der Waals surface area (Å²) in [4.78, 5) is 12.2. The van der Waals surface area contributed by atoms with Crippen LogP contribution in [0.2, 0.25) is 0 Å². The van der Waals surface area contributed by atoms with Crippen molar-refractivity contribution in [2.24, 2.45) is 0 Å². The van der Waals surface area contributed by atoms with E-state index >= 15 is 0 Å². The van der Waals surface area contributed by atoms with Crippen LogP contribution < -0.4 is 5.32 Å². The number of rotatable bonds is 23. The van der Waals surface area contributed by atoms with E-state index in [4.69, 9.17) is 71.1 Å². The summed E-state index contributed by atoms with van der Waals surface area (Å²) in [5.41, 5.74) is 0. The van der Waals surface area contributed by atoms with Gasteiger partial charge in [-0.15, -0.1) is 0 Å². The zero-order chi connectivity index (χ0) is 67.6. The first-order chi connectivity index (χ1) is 43.5. The lowest BCUT2D eigenvalue weighted by molar-refractivity contribution is -0.407. The highest BCUT2D eigenvalue weighted by Gasteiger charge is 2.59. The van der Waals surface area contributed by atoms with Crippen LogP contribution in [0.15, 0.2) is 0 Å². The maximum Gasteiger partial charge on any atom is 0.217 e. The molecule has 0 radical (unpaired) electrons. The second kappa shape index (κ2) is 32.7. The van der Waals surface area contributed by atoms with Crippen molar-refractivity contribution < 1.29 is 204 Å². The van der Waals surface area contributed by atoms with E-state index in [9.17, 15) is 132 Å². The number of aliphatic hydroxyl groups is 25. The molecule has 8 rings (SSSR count). The fourth-order valence-electron chi connectivity index (χ4n) is 11.6. The molecule has 42 nitrogen and oxygen atoms in total. The fourth-order valence-corrected chi connectivity index (χ4v) is 11.6. The highest BCUT2D eigenvalue weighted by Crippen LogP contribution is 2.38. The molecule has 0 bridgehead atoms. The molecule has 26 N–H and O–H groups in total. The maximum atomic E-state index is 12.3. The van der Waals surface area contributed by atoms with Gasteiger partial charge in [0.1, 0.15) is 195 Å². The molecule has 8 aliphatic heterocycles.